The third kappa shape index (κ3) is 1.22. The monoisotopic (exact) mass is 124 g/mol. The summed E-state index contributed by atoms with van der Waals surface area (Å²) in [5.74, 6) is 0. The van der Waals surface area contributed by atoms with Gasteiger partial charge in [-0.25, -0.2) is 0 Å². The van der Waals surface area contributed by atoms with Gasteiger partial charge >= 0.3 is 0 Å². The maximum atomic E-state index is 8.45. The second-order valence-corrected chi connectivity index (χ2v) is 3.47. The normalized spacial score (nSPS) is 33.6. The van der Waals surface area contributed by atoms with Crippen LogP contribution in [0.5, 0.6) is 0 Å². The van der Waals surface area contributed by atoms with Crippen molar-refractivity contribution in [1.29, 1.82) is 5.26 Å². The lowest BCUT2D eigenvalue weighted by atomic mass is 10.1. The van der Waals surface area contributed by atoms with E-state index in [1.165, 1.54) is 0 Å². The van der Waals surface area contributed by atoms with E-state index in [1.54, 1.807) is 0 Å². The van der Waals surface area contributed by atoms with E-state index in [0.717, 1.165) is 6.54 Å². The molecule has 0 N–H and O–H groups in total. The summed E-state index contributed by atoms with van der Waals surface area (Å²) in [7, 11) is 0. The zero-order valence-electron chi connectivity index (χ0n) is 6.18. The maximum absolute atomic E-state index is 8.45. The van der Waals surface area contributed by atoms with Crippen molar-refractivity contribution < 1.29 is 0 Å². The summed E-state index contributed by atoms with van der Waals surface area (Å²) in [6.07, 6.45) is 0. The molecule has 2 heteroatoms. The number of hydrogen-bond acceptors (Lipinski definition) is 2. The highest BCUT2D eigenvalue weighted by Crippen LogP contribution is 2.27. The summed E-state index contributed by atoms with van der Waals surface area (Å²) in [5.41, 5.74) is 0.195. The van der Waals surface area contributed by atoms with Gasteiger partial charge in [0.2, 0.25) is 0 Å². The number of hydrogen-bond donors (Lipinski definition) is 0. The van der Waals surface area contributed by atoms with Gasteiger partial charge in [0, 0.05) is 12.1 Å². The van der Waals surface area contributed by atoms with Crippen molar-refractivity contribution in [3.63, 3.8) is 0 Å². The van der Waals surface area contributed by atoms with Crippen molar-refractivity contribution in [1.82, 2.24) is 4.90 Å². The van der Waals surface area contributed by atoms with E-state index in [0.29, 0.717) is 0 Å². The van der Waals surface area contributed by atoms with E-state index in [2.05, 4.69) is 31.7 Å². The fraction of sp³-hybridized carbons (Fsp3) is 0.857. The molecule has 1 unspecified atom stereocenters. The molecule has 1 fully saturated rings. The molecule has 0 saturated carbocycles. The van der Waals surface area contributed by atoms with Gasteiger partial charge in [0.1, 0.15) is 6.04 Å². The van der Waals surface area contributed by atoms with Gasteiger partial charge in [0.15, 0.2) is 0 Å². The zero-order chi connectivity index (χ0) is 7.07. The molecule has 1 aliphatic heterocycles. The molecule has 2 atom stereocenters. The van der Waals surface area contributed by atoms with Crippen LogP contribution in [0.15, 0.2) is 0 Å². The second kappa shape index (κ2) is 1.71. The summed E-state index contributed by atoms with van der Waals surface area (Å²) in [5, 5.41) is 8.45. The van der Waals surface area contributed by atoms with E-state index in [-0.39, 0.29) is 11.6 Å². The highest BCUT2D eigenvalue weighted by atomic mass is 15.3. The Kier molecular flexibility index (Phi) is 1.25. The highest BCUT2D eigenvalue weighted by Gasteiger charge is 2.41. The van der Waals surface area contributed by atoms with E-state index in [1.807, 2.05) is 0 Å². The molecule has 0 aromatic carbocycles. The minimum absolute atomic E-state index is 0.195. The van der Waals surface area contributed by atoms with Crippen LogP contribution in [0.1, 0.15) is 20.8 Å². The van der Waals surface area contributed by atoms with Crippen LogP contribution in [-0.4, -0.2) is 23.0 Å². The molecule has 50 valence electrons. The van der Waals surface area contributed by atoms with Crippen molar-refractivity contribution >= 4 is 0 Å². The Labute approximate surface area is 56.1 Å². The molecule has 0 bridgehead atoms. The lowest BCUT2D eigenvalue weighted by molar-refractivity contribution is 0.298. The minimum Gasteiger partial charge on any atom is -0.279 e. The van der Waals surface area contributed by atoms with Crippen molar-refractivity contribution in [2.45, 2.75) is 32.4 Å². The van der Waals surface area contributed by atoms with E-state index in [4.69, 9.17) is 5.26 Å². The molecule has 0 aromatic heterocycles. The molecular weight excluding hydrogens is 112 g/mol. The first-order valence-electron chi connectivity index (χ1n) is 3.22. The predicted octanol–water partition coefficient (Wildman–Crippen LogP) is 0.993. The van der Waals surface area contributed by atoms with Gasteiger partial charge in [0.05, 0.1) is 6.07 Å². The Balaban J connectivity index is 2.45. The Bertz CT molecular complexity index is 149. The summed E-state index contributed by atoms with van der Waals surface area (Å²) in [6, 6.07) is 2.42. The largest absolute Gasteiger partial charge is 0.279 e. The quantitative estimate of drug-likeness (QED) is 0.450. The SMILES string of the molecule is CC(C)(C)N1C[C@H]1C#N. The van der Waals surface area contributed by atoms with Gasteiger partial charge in [-0.15, -0.1) is 0 Å². The molecule has 0 aromatic rings. The third-order valence-electron chi connectivity index (χ3n) is 1.62. The molecule has 2 nitrogen and oxygen atoms in total. The predicted molar refractivity (Wildman–Crippen MR) is 35.9 cm³/mol. The summed E-state index contributed by atoms with van der Waals surface area (Å²) in [6.45, 7) is 7.35. The Morgan fingerprint density at radius 2 is 2.11 bits per heavy atom. The van der Waals surface area contributed by atoms with Crippen molar-refractivity contribution in [3.8, 4) is 6.07 Å². The maximum Gasteiger partial charge on any atom is 0.111 e. The van der Waals surface area contributed by atoms with Crippen LogP contribution in [0.3, 0.4) is 0 Å². The standard InChI is InChI=1S/C7H12N2/c1-7(2,3)9-5-6(9)4-8/h6H,5H2,1-3H3/t6-,9?/m1/s1. The fourth-order valence-electron chi connectivity index (χ4n) is 0.991. The van der Waals surface area contributed by atoms with Gasteiger partial charge in [-0.05, 0) is 20.8 Å². The molecule has 9 heavy (non-hydrogen) atoms. The smallest absolute Gasteiger partial charge is 0.111 e. The van der Waals surface area contributed by atoms with Crippen LogP contribution in [-0.2, 0) is 0 Å². The van der Waals surface area contributed by atoms with Crippen LogP contribution in [0.4, 0.5) is 0 Å². The van der Waals surface area contributed by atoms with Crippen LogP contribution >= 0.6 is 0 Å². The average molecular weight is 124 g/mol. The molecule has 0 aliphatic carbocycles. The van der Waals surface area contributed by atoms with Crippen LogP contribution in [0.2, 0.25) is 0 Å². The van der Waals surface area contributed by atoms with Crippen LogP contribution < -0.4 is 0 Å². The molecule has 0 radical (unpaired) electrons. The molecule has 0 amide bonds. The third-order valence-corrected chi connectivity index (χ3v) is 1.62. The molecule has 1 aliphatic rings. The summed E-state index contributed by atoms with van der Waals surface area (Å²) < 4.78 is 0. The van der Waals surface area contributed by atoms with Crippen molar-refractivity contribution in [2.24, 2.45) is 0 Å². The second-order valence-electron chi connectivity index (χ2n) is 3.47. The zero-order valence-corrected chi connectivity index (χ0v) is 6.18. The number of rotatable bonds is 0. The molecule has 0 spiro atoms. The first-order valence-corrected chi connectivity index (χ1v) is 3.22. The van der Waals surface area contributed by atoms with Gasteiger partial charge < -0.3 is 0 Å². The number of nitriles is 1. The minimum atomic E-state index is 0.195. The topological polar surface area (TPSA) is 26.8 Å². The molecular formula is C7H12N2. The van der Waals surface area contributed by atoms with Gasteiger partial charge in [-0.1, -0.05) is 0 Å². The Morgan fingerprint density at radius 3 is 2.22 bits per heavy atom. The molecule has 1 saturated heterocycles. The van der Waals surface area contributed by atoms with E-state index in [9.17, 15) is 0 Å². The van der Waals surface area contributed by atoms with E-state index >= 15 is 0 Å². The van der Waals surface area contributed by atoms with Crippen molar-refractivity contribution in [2.75, 3.05) is 6.54 Å². The van der Waals surface area contributed by atoms with Crippen LogP contribution in [0, 0.1) is 11.3 Å². The number of nitrogens with zero attached hydrogens (tertiary/aromatic N) is 2. The summed E-state index contributed by atoms with van der Waals surface area (Å²) in [4.78, 5) is 2.17. The van der Waals surface area contributed by atoms with Gasteiger partial charge in [0.25, 0.3) is 0 Å². The fourth-order valence-corrected chi connectivity index (χ4v) is 0.991. The van der Waals surface area contributed by atoms with Crippen LogP contribution in [0.25, 0.3) is 0 Å². The average Bonchev–Trinajstić information content (AvgIpc) is 2.39. The molecule has 1 rings (SSSR count). The van der Waals surface area contributed by atoms with Gasteiger partial charge in [-0.3, -0.25) is 4.90 Å². The lowest BCUT2D eigenvalue weighted by Gasteiger charge is -2.19. The van der Waals surface area contributed by atoms with E-state index < -0.39 is 0 Å². The van der Waals surface area contributed by atoms with Crippen molar-refractivity contribution in [3.05, 3.63) is 0 Å². The highest BCUT2D eigenvalue weighted by molar-refractivity contribution is 5.09. The lowest BCUT2D eigenvalue weighted by Crippen LogP contribution is -2.27. The Morgan fingerprint density at radius 1 is 1.56 bits per heavy atom. The molecule has 1 heterocycles. The first-order chi connectivity index (χ1) is 4.05. The summed E-state index contributed by atoms with van der Waals surface area (Å²) >= 11 is 0. The van der Waals surface area contributed by atoms with Gasteiger partial charge in [-0.2, -0.15) is 5.26 Å². The first kappa shape index (κ1) is 6.57. The Hall–Kier alpha value is -0.550.